The Bertz CT molecular complexity index is 825. The van der Waals surface area contributed by atoms with Crippen molar-refractivity contribution in [3.63, 3.8) is 0 Å². The minimum atomic E-state index is -0.578. The average molecular weight is 348 g/mol. The van der Waals surface area contributed by atoms with E-state index in [1.807, 2.05) is 0 Å². The molecule has 8 heteroatoms. The zero-order valence-electron chi connectivity index (χ0n) is 14.5. The summed E-state index contributed by atoms with van der Waals surface area (Å²) < 4.78 is 21.4. The van der Waals surface area contributed by atoms with Gasteiger partial charge < -0.3 is 14.8 Å². The summed E-state index contributed by atoms with van der Waals surface area (Å²) in [5.41, 5.74) is 1.57. The third-order valence-electron chi connectivity index (χ3n) is 4.07. The van der Waals surface area contributed by atoms with Crippen molar-refractivity contribution in [1.29, 1.82) is 0 Å². The van der Waals surface area contributed by atoms with E-state index in [9.17, 15) is 14.0 Å². The van der Waals surface area contributed by atoms with Gasteiger partial charge in [0.15, 0.2) is 5.82 Å². The van der Waals surface area contributed by atoms with E-state index in [2.05, 4.69) is 15.6 Å². The summed E-state index contributed by atoms with van der Waals surface area (Å²) in [6.45, 7) is 5.84. The molecule has 134 valence electrons. The number of nitrogens with zero attached hydrogens (tertiary/aromatic N) is 3. The number of ether oxygens (including phenoxy) is 1. The maximum Gasteiger partial charge on any atom is 0.407 e. The van der Waals surface area contributed by atoms with Gasteiger partial charge in [0.2, 0.25) is 0 Å². The lowest BCUT2D eigenvalue weighted by Crippen LogP contribution is -2.34. The Morgan fingerprint density at radius 3 is 2.92 bits per heavy atom. The quantitative estimate of drug-likeness (QED) is 0.854. The molecule has 0 saturated heterocycles. The molecule has 1 atom stereocenters. The van der Waals surface area contributed by atoms with Crippen molar-refractivity contribution in [3.8, 4) is 0 Å². The maximum absolute atomic E-state index is 14.9. The zero-order valence-corrected chi connectivity index (χ0v) is 14.5. The smallest absolute Gasteiger partial charge is 0.407 e. The minimum absolute atomic E-state index is 0.175. The number of carbonyl (C=O) groups excluding carboxylic acids is 2. The number of hydrogen-bond donors (Lipinski definition) is 1. The number of amides is 1. The fourth-order valence-corrected chi connectivity index (χ4v) is 3.04. The van der Waals surface area contributed by atoms with Gasteiger partial charge in [-0.1, -0.05) is 5.21 Å². The molecular formula is C17H21FN4O3. The first-order valence-electron chi connectivity index (χ1n) is 8.24. The minimum Gasteiger partial charge on any atom is -0.444 e. The van der Waals surface area contributed by atoms with Crippen LogP contribution in [-0.4, -0.2) is 39.5 Å². The summed E-state index contributed by atoms with van der Waals surface area (Å²) in [5.74, 6) is -0.551. The summed E-state index contributed by atoms with van der Waals surface area (Å²) in [6.07, 6.45) is 1.28. The van der Waals surface area contributed by atoms with E-state index in [1.165, 1.54) is 4.68 Å². The number of nitrogens with one attached hydrogen (secondary N) is 1. The number of aromatic nitrogens is 3. The molecule has 1 aliphatic carbocycles. The lowest BCUT2D eigenvalue weighted by atomic mass is 10.1. The first kappa shape index (κ1) is 17.3. The highest BCUT2D eigenvalue weighted by Gasteiger charge is 2.27. The van der Waals surface area contributed by atoms with Crippen LogP contribution in [0.4, 0.5) is 9.18 Å². The molecular weight excluding hydrogens is 327 g/mol. The van der Waals surface area contributed by atoms with Gasteiger partial charge in [-0.15, -0.1) is 5.10 Å². The van der Waals surface area contributed by atoms with Crippen LogP contribution >= 0.6 is 0 Å². The SMILES string of the molecule is CC(C)(C)OC(=O)NCCn1nnc2cc3c(c(F)c21)CC(C=O)C3. The lowest BCUT2D eigenvalue weighted by Gasteiger charge is -2.19. The molecule has 3 rings (SSSR count). The van der Waals surface area contributed by atoms with Gasteiger partial charge >= 0.3 is 6.09 Å². The van der Waals surface area contributed by atoms with Crippen LogP contribution in [0.15, 0.2) is 6.07 Å². The lowest BCUT2D eigenvalue weighted by molar-refractivity contribution is -0.110. The van der Waals surface area contributed by atoms with E-state index in [4.69, 9.17) is 4.74 Å². The summed E-state index contributed by atoms with van der Waals surface area (Å²) in [6, 6.07) is 1.79. The molecule has 0 spiro atoms. The second kappa shape index (κ2) is 6.42. The predicted octanol–water partition coefficient (Wildman–Crippen LogP) is 2.01. The van der Waals surface area contributed by atoms with Crippen molar-refractivity contribution in [2.45, 2.75) is 45.8 Å². The molecule has 1 unspecified atom stereocenters. The van der Waals surface area contributed by atoms with Crippen LogP contribution < -0.4 is 5.32 Å². The van der Waals surface area contributed by atoms with E-state index >= 15 is 0 Å². The molecule has 0 aliphatic heterocycles. The monoisotopic (exact) mass is 348 g/mol. The van der Waals surface area contributed by atoms with Crippen LogP contribution in [0.25, 0.3) is 11.0 Å². The number of aldehydes is 1. The van der Waals surface area contributed by atoms with Crippen molar-refractivity contribution in [2.24, 2.45) is 5.92 Å². The van der Waals surface area contributed by atoms with Gasteiger partial charge in [-0.3, -0.25) is 0 Å². The zero-order chi connectivity index (χ0) is 18.2. The Labute approximate surface area is 144 Å². The van der Waals surface area contributed by atoms with Crippen molar-refractivity contribution >= 4 is 23.4 Å². The van der Waals surface area contributed by atoms with E-state index in [0.29, 0.717) is 29.4 Å². The molecule has 0 fully saturated rings. The molecule has 1 aromatic heterocycles. The van der Waals surface area contributed by atoms with Gasteiger partial charge in [0.25, 0.3) is 0 Å². The standard InChI is InChI=1S/C17H21FN4O3/c1-17(2,3)25-16(24)19-4-5-22-15-13(20-21-22)8-11-6-10(9-23)7-12(11)14(15)18/h8-10H,4-7H2,1-3H3,(H,19,24). The van der Waals surface area contributed by atoms with Crippen molar-refractivity contribution in [3.05, 3.63) is 23.0 Å². The Hall–Kier alpha value is -2.51. The van der Waals surface area contributed by atoms with Crippen molar-refractivity contribution < 1.29 is 18.7 Å². The fraction of sp³-hybridized carbons (Fsp3) is 0.529. The fourth-order valence-electron chi connectivity index (χ4n) is 3.04. The van der Waals surface area contributed by atoms with E-state index in [0.717, 1.165) is 11.8 Å². The van der Waals surface area contributed by atoms with Gasteiger partial charge in [0.05, 0.1) is 6.54 Å². The number of benzene rings is 1. The number of hydrogen-bond acceptors (Lipinski definition) is 5. The van der Waals surface area contributed by atoms with Crippen molar-refractivity contribution in [2.75, 3.05) is 6.54 Å². The van der Waals surface area contributed by atoms with Gasteiger partial charge in [0, 0.05) is 12.5 Å². The van der Waals surface area contributed by atoms with E-state index in [1.54, 1.807) is 26.8 Å². The van der Waals surface area contributed by atoms with Crippen LogP contribution in [0.3, 0.4) is 0 Å². The highest BCUT2D eigenvalue weighted by atomic mass is 19.1. The normalized spacial score (nSPS) is 16.7. The summed E-state index contributed by atoms with van der Waals surface area (Å²) in [4.78, 5) is 22.6. The number of fused-ring (bicyclic) bond motifs is 2. The Kier molecular flexibility index (Phi) is 4.45. The number of carbonyl (C=O) groups is 2. The summed E-state index contributed by atoms with van der Waals surface area (Å²) in [5, 5.41) is 10.6. The molecule has 1 amide bonds. The number of halogens is 1. The average Bonchev–Trinajstić information content (AvgIpc) is 3.10. The first-order valence-corrected chi connectivity index (χ1v) is 8.24. The third kappa shape index (κ3) is 3.62. The van der Waals surface area contributed by atoms with Crippen LogP contribution in [-0.2, 0) is 28.9 Å². The topological polar surface area (TPSA) is 86.1 Å². The number of alkyl carbamates (subject to hydrolysis) is 1. The molecule has 1 N–H and O–H groups in total. The van der Waals surface area contributed by atoms with Crippen LogP contribution in [0.2, 0.25) is 0 Å². The van der Waals surface area contributed by atoms with Crippen molar-refractivity contribution in [1.82, 2.24) is 20.3 Å². The van der Waals surface area contributed by atoms with Gasteiger partial charge in [-0.2, -0.15) is 0 Å². The van der Waals surface area contributed by atoms with E-state index in [-0.39, 0.29) is 24.8 Å². The third-order valence-corrected chi connectivity index (χ3v) is 4.07. The number of rotatable bonds is 4. The molecule has 0 radical (unpaired) electrons. The van der Waals surface area contributed by atoms with Crippen LogP contribution in [0.1, 0.15) is 31.9 Å². The second-order valence-electron chi connectivity index (χ2n) is 7.24. The molecule has 25 heavy (non-hydrogen) atoms. The molecule has 0 saturated carbocycles. The predicted molar refractivity (Wildman–Crippen MR) is 88.7 cm³/mol. The maximum atomic E-state index is 14.9. The summed E-state index contributed by atoms with van der Waals surface area (Å²) in [7, 11) is 0. The Morgan fingerprint density at radius 1 is 1.48 bits per heavy atom. The van der Waals surface area contributed by atoms with Crippen LogP contribution in [0.5, 0.6) is 0 Å². The summed E-state index contributed by atoms with van der Waals surface area (Å²) >= 11 is 0. The molecule has 1 heterocycles. The highest BCUT2D eigenvalue weighted by molar-refractivity contribution is 5.78. The Balaban J connectivity index is 1.74. The molecule has 2 aromatic rings. The van der Waals surface area contributed by atoms with Gasteiger partial charge in [-0.05, 0) is 50.8 Å². The molecule has 7 nitrogen and oxygen atoms in total. The second-order valence-corrected chi connectivity index (χ2v) is 7.24. The molecule has 0 bridgehead atoms. The Morgan fingerprint density at radius 2 is 2.24 bits per heavy atom. The molecule has 1 aromatic carbocycles. The van der Waals surface area contributed by atoms with Gasteiger partial charge in [0.1, 0.15) is 22.9 Å². The highest BCUT2D eigenvalue weighted by Crippen LogP contribution is 2.32. The largest absolute Gasteiger partial charge is 0.444 e. The van der Waals surface area contributed by atoms with Crippen LogP contribution in [0, 0.1) is 11.7 Å². The van der Waals surface area contributed by atoms with Gasteiger partial charge in [-0.25, -0.2) is 13.9 Å². The first-order chi connectivity index (χ1) is 11.8. The molecule has 1 aliphatic rings. The van der Waals surface area contributed by atoms with E-state index < -0.39 is 11.7 Å².